The Labute approximate surface area is 125 Å². The van der Waals surface area contributed by atoms with Crippen LogP contribution >= 0.6 is 0 Å². The summed E-state index contributed by atoms with van der Waals surface area (Å²) in [5, 5.41) is 2.56. The number of allylic oxidation sites excluding steroid dienone is 2. The highest BCUT2D eigenvalue weighted by atomic mass is 16.5. The lowest BCUT2D eigenvalue weighted by molar-refractivity contribution is 0.132. The molecule has 5 atom stereocenters. The maximum Gasteiger partial charge on any atom is 0.120 e. The minimum absolute atomic E-state index is 0.427. The summed E-state index contributed by atoms with van der Waals surface area (Å²) >= 11 is 0. The van der Waals surface area contributed by atoms with Crippen LogP contribution in [0.15, 0.2) is 54.6 Å². The van der Waals surface area contributed by atoms with E-state index >= 15 is 0 Å². The first-order valence-corrected chi connectivity index (χ1v) is 8.22. The quantitative estimate of drug-likeness (QED) is 0.715. The summed E-state index contributed by atoms with van der Waals surface area (Å²) in [6, 6.07) is 15.0. The number of rotatable bonds is 2. The lowest BCUT2D eigenvalue weighted by Crippen LogP contribution is -2.28. The number of hydrogen-bond donors (Lipinski definition) is 0. The van der Waals surface area contributed by atoms with E-state index in [-0.39, 0.29) is 0 Å². The van der Waals surface area contributed by atoms with E-state index in [2.05, 4.69) is 54.6 Å². The van der Waals surface area contributed by atoms with Crippen molar-refractivity contribution in [3.05, 3.63) is 54.6 Å². The molecule has 0 spiro atoms. The second kappa shape index (κ2) is 4.37. The highest BCUT2D eigenvalue weighted by Crippen LogP contribution is 2.56. The number of ether oxygens (including phenoxy) is 1. The van der Waals surface area contributed by atoms with Gasteiger partial charge in [0.2, 0.25) is 0 Å². The molecule has 3 aliphatic carbocycles. The van der Waals surface area contributed by atoms with Gasteiger partial charge in [-0.2, -0.15) is 0 Å². The molecule has 0 heterocycles. The largest absolute Gasteiger partial charge is 0.490 e. The molecule has 5 unspecified atom stereocenters. The van der Waals surface area contributed by atoms with Gasteiger partial charge in [-0.05, 0) is 59.9 Å². The van der Waals surface area contributed by atoms with Crippen molar-refractivity contribution in [1.29, 1.82) is 0 Å². The van der Waals surface area contributed by atoms with Gasteiger partial charge in [0.15, 0.2) is 0 Å². The van der Waals surface area contributed by atoms with Gasteiger partial charge in [-0.1, -0.05) is 42.5 Å². The molecule has 0 radical (unpaired) electrons. The first kappa shape index (κ1) is 11.9. The highest BCUT2D eigenvalue weighted by molar-refractivity contribution is 5.83. The molecule has 2 aromatic rings. The highest BCUT2D eigenvalue weighted by Gasteiger charge is 2.52. The molecule has 2 saturated carbocycles. The molecule has 2 bridgehead atoms. The fraction of sp³-hybridized carbons (Fsp3) is 0.400. The molecular formula is C20H20O. The molecule has 0 amide bonds. The SMILES string of the molecule is C1=CC2CC1C1CCC(Oc3ccc4ccccc4c3)C21. The summed E-state index contributed by atoms with van der Waals surface area (Å²) in [6.45, 7) is 0. The standard InChI is InChI=1S/C20H20O/c1-2-4-14-12-17(8-7-13(14)3-1)21-19-10-9-18-15-5-6-16(11-15)20(18)19/h1-8,12,15-16,18-20H,9-11H2. The van der Waals surface area contributed by atoms with Crippen molar-refractivity contribution in [1.82, 2.24) is 0 Å². The normalized spacial score (nSPS) is 36.3. The van der Waals surface area contributed by atoms with Crippen LogP contribution in [-0.2, 0) is 0 Å². The Kier molecular flexibility index (Phi) is 2.46. The molecule has 2 aromatic carbocycles. The fourth-order valence-corrected chi connectivity index (χ4v) is 5.02. The van der Waals surface area contributed by atoms with E-state index in [1.54, 1.807) is 0 Å². The Morgan fingerprint density at radius 3 is 2.67 bits per heavy atom. The molecule has 0 saturated heterocycles. The smallest absolute Gasteiger partial charge is 0.120 e. The molecule has 21 heavy (non-hydrogen) atoms. The fourth-order valence-electron chi connectivity index (χ4n) is 5.02. The molecule has 5 rings (SSSR count). The second-order valence-corrected chi connectivity index (χ2v) is 6.93. The van der Waals surface area contributed by atoms with Gasteiger partial charge in [-0.3, -0.25) is 0 Å². The van der Waals surface area contributed by atoms with Gasteiger partial charge in [-0.25, -0.2) is 0 Å². The lowest BCUT2D eigenvalue weighted by Gasteiger charge is -2.26. The van der Waals surface area contributed by atoms with Crippen molar-refractivity contribution in [2.75, 3.05) is 0 Å². The van der Waals surface area contributed by atoms with Gasteiger partial charge in [0.25, 0.3) is 0 Å². The summed E-state index contributed by atoms with van der Waals surface area (Å²) in [4.78, 5) is 0. The van der Waals surface area contributed by atoms with Gasteiger partial charge in [0.1, 0.15) is 11.9 Å². The molecule has 0 N–H and O–H groups in total. The van der Waals surface area contributed by atoms with E-state index < -0.39 is 0 Å². The molecule has 1 nitrogen and oxygen atoms in total. The topological polar surface area (TPSA) is 9.23 Å². The van der Waals surface area contributed by atoms with Crippen LogP contribution < -0.4 is 4.74 Å². The predicted molar refractivity (Wildman–Crippen MR) is 85.3 cm³/mol. The van der Waals surface area contributed by atoms with E-state index in [1.165, 1.54) is 30.0 Å². The Morgan fingerprint density at radius 1 is 0.857 bits per heavy atom. The average molecular weight is 276 g/mol. The van der Waals surface area contributed by atoms with Crippen LogP contribution in [0.3, 0.4) is 0 Å². The van der Waals surface area contributed by atoms with E-state index in [0.717, 1.165) is 29.4 Å². The zero-order valence-corrected chi connectivity index (χ0v) is 12.1. The van der Waals surface area contributed by atoms with E-state index in [0.29, 0.717) is 6.10 Å². The third-order valence-corrected chi connectivity index (χ3v) is 5.91. The van der Waals surface area contributed by atoms with E-state index in [4.69, 9.17) is 4.74 Å². The average Bonchev–Trinajstić information content (AvgIpc) is 3.21. The minimum atomic E-state index is 0.427. The molecule has 0 aliphatic heterocycles. The van der Waals surface area contributed by atoms with Gasteiger partial charge in [-0.15, -0.1) is 0 Å². The van der Waals surface area contributed by atoms with Crippen molar-refractivity contribution in [3.8, 4) is 5.75 Å². The van der Waals surface area contributed by atoms with Crippen LogP contribution in [0.1, 0.15) is 19.3 Å². The Bertz CT molecular complexity index is 717. The number of benzene rings is 2. The third kappa shape index (κ3) is 1.76. The Morgan fingerprint density at radius 2 is 1.71 bits per heavy atom. The first-order chi connectivity index (χ1) is 10.4. The summed E-state index contributed by atoms with van der Waals surface area (Å²) in [6.07, 6.45) is 9.31. The summed E-state index contributed by atoms with van der Waals surface area (Å²) < 4.78 is 6.42. The number of fused-ring (bicyclic) bond motifs is 6. The Balaban J connectivity index is 1.42. The van der Waals surface area contributed by atoms with Crippen LogP contribution in [0.25, 0.3) is 10.8 Å². The van der Waals surface area contributed by atoms with E-state index in [1.807, 2.05) is 0 Å². The molecule has 2 fully saturated rings. The monoisotopic (exact) mass is 276 g/mol. The summed E-state index contributed by atoms with van der Waals surface area (Å²) in [5.41, 5.74) is 0. The van der Waals surface area contributed by atoms with Crippen LogP contribution in [0, 0.1) is 23.7 Å². The third-order valence-electron chi connectivity index (χ3n) is 5.91. The number of hydrogen-bond acceptors (Lipinski definition) is 1. The van der Waals surface area contributed by atoms with Crippen molar-refractivity contribution >= 4 is 10.8 Å². The van der Waals surface area contributed by atoms with E-state index in [9.17, 15) is 0 Å². The minimum Gasteiger partial charge on any atom is -0.490 e. The first-order valence-electron chi connectivity index (χ1n) is 8.22. The van der Waals surface area contributed by atoms with Crippen LogP contribution in [0.5, 0.6) is 5.75 Å². The van der Waals surface area contributed by atoms with Crippen LogP contribution in [0.2, 0.25) is 0 Å². The predicted octanol–water partition coefficient (Wildman–Crippen LogP) is 4.82. The molecule has 1 heteroatoms. The van der Waals surface area contributed by atoms with Gasteiger partial charge in [0.05, 0.1) is 0 Å². The second-order valence-electron chi connectivity index (χ2n) is 6.93. The molecule has 3 aliphatic rings. The van der Waals surface area contributed by atoms with Crippen LogP contribution in [0.4, 0.5) is 0 Å². The van der Waals surface area contributed by atoms with Crippen molar-refractivity contribution in [2.24, 2.45) is 23.7 Å². The molecule has 0 aromatic heterocycles. The van der Waals surface area contributed by atoms with Gasteiger partial charge >= 0.3 is 0 Å². The van der Waals surface area contributed by atoms with Crippen LogP contribution in [-0.4, -0.2) is 6.10 Å². The van der Waals surface area contributed by atoms with Crippen molar-refractivity contribution in [3.63, 3.8) is 0 Å². The lowest BCUT2D eigenvalue weighted by atomic mass is 9.85. The maximum atomic E-state index is 6.42. The van der Waals surface area contributed by atoms with Gasteiger partial charge in [0, 0.05) is 5.92 Å². The van der Waals surface area contributed by atoms with Gasteiger partial charge < -0.3 is 4.74 Å². The van der Waals surface area contributed by atoms with Crippen molar-refractivity contribution in [2.45, 2.75) is 25.4 Å². The maximum absolute atomic E-state index is 6.42. The zero-order valence-electron chi connectivity index (χ0n) is 12.1. The van der Waals surface area contributed by atoms with Crippen molar-refractivity contribution < 1.29 is 4.74 Å². The summed E-state index contributed by atoms with van der Waals surface area (Å²) in [5.74, 6) is 4.35. The Hall–Kier alpha value is -1.76. The summed E-state index contributed by atoms with van der Waals surface area (Å²) in [7, 11) is 0. The molecule has 106 valence electrons. The molecular weight excluding hydrogens is 256 g/mol. The zero-order chi connectivity index (χ0) is 13.8.